The van der Waals surface area contributed by atoms with Gasteiger partial charge in [-0.2, -0.15) is 13.2 Å². The lowest BCUT2D eigenvalue weighted by Crippen LogP contribution is -2.22. The topological polar surface area (TPSA) is 29.1 Å². The number of carbonyl (C=O) groups is 1. The Morgan fingerprint density at radius 2 is 1.94 bits per heavy atom. The molecule has 1 rings (SSSR count). The van der Waals surface area contributed by atoms with E-state index < -0.39 is 16.4 Å². The number of para-hydroxylation sites is 1. The van der Waals surface area contributed by atoms with Gasteiger partial charge in [-0.1, -0.05) is 23.7 Å². The predicted octanol–water partition coefficient (Wildman–Crippen LogP) is 4.12. The molecule has 1 N–H and O–H groups in total. The van der Waals surface area contributed by atoms with E-state index in [0.717, 1.165) is 6.20 Å². The van der Waals surface area contributed by atoms with E-state index >= 15 is 0 Å². The third-order valence-corrected chi connectivity index (χ3v) is 2.62. The number of rotatable bonds is 3. The minimum absolute atomic E-state index is 0.337. The van der Waals surface area contributed by atoms with Gasteiger partial charge in [0.25, 0.3) is 5.78 Å². The Hall–Kier alpha value is -1.01. The Morgan fingerprint density at radius 1 is 1.35 bits per heavy atom. The van der Waals surface area contributed by atoms with Crippen LogP contribution in [0, 0.1) is 0 Å². The summed E-state index contributed by atoms with van der Waals surface area (Å²) in [6.45, 7) is 0. The van der Waals surface area contributed by atoms with Gasteiger partial charge in [0.1, 0.15) is 0 Å². The number of Topliss-reactive ketones (excluding diaryl/α,β-unsaturated/α-hetero) is 1. The molecule has 0 atom stereocenters. The summed E-state index contributed by atoms with van der Waals surface area (Å²) in [5.41, 5.74) is 0.404. The number of halogens is 5. The zero-order chi connectivity index (χ0) is 13.1. The second kappa shape index (κ2) is 5.55. The van der Waals surface area contributed by atoms with Gasteiger partial charge in [0.2, 0.25) is 0 Å². The number of allylic oxidation sites excluding steroid dienone is 1. The number of alkyl halides is 3. The van der Waals surface area contributed by atoms with Gasteiger partial charge < -0.3 is 5.32 Å². The van der Waals surface area contributed by atoms with Gasteiger partial charge in [-0.15, -0.1) is 0 Å². The highest BCUT2D eigenvalue weighted by molar-refractivity contribution is 9.12. The van der Waals surface area contributed by atoms with E-state index in [2.05, 4.69) is 21.2 Å². The fourth-order valence-corrected chi connectivity index (χ4v) is 1.45. The first-order valence-electron chi connectivity index (χ1n) is 4.30. The molecule has 0 aromatic heterocycles. The average Bonchev–Trinajstić information content (AvgIpc) is 2.25. The second-order valence-electron chi connectivity index (χ2n) is 2.94. The molecule has 0 saturated carbocycles. The van der Waals surface area contributed by atoms with Crippen molar-refractivity contribution in [2.24, 2.45) is 0 Å². The van der Waals surface area contributed by atoms with Crippen molar-refractivity contribution in [2.75, 3.05) is 5.32 Å². The first-order chi connectivity index (χ1) is 7.82. The summed E-state index contributed by atoms with van der Waals surface area (Å²) in [4.78, 5) is 10.8. The maximum Gasteiger partial charge on any atom is 0.455 e. The molecule has 17 heavy (non-hydrogen) atoms. The van der Waals surface area contributed by atoms with Crippen molar-refractivity contribution < 1.29 is 18.0 Å². The number of ketones is 1. The van der Waals surface area contributed by atoms with E-state index in [9.17, 15) is 18.0 Å². The number of anilines is 1. The van der Waals surface area contributed by atoms with Gasteiger partial charge in [-0.3, -0.25) is 4.79 Å². The van der Waals surface area contributed by atoms with E-state index in [-0.39, 0.29) is 0 Å². The lowest BCUT2D eigenvalue weighted by Gasteiger charge is -2.06. The highest BCUT2D eigenvalue weighted by Gasteiger charge is 2.39. The quantitative estimate of drug-likeness (QED) is 0.846. The summed E-state index contributed by atoms with van der Waals surface area (Å²) in [7, 11) is 0. The molecule has 2 nitrogen and oxygen atoms in total. The standard InChI is InChI=1S/C10H6BrClF3NO/c11-6(9(17)10(13,14)15)5-16-8-4-2-1-3-7(8)12/h1-5,16H. The molecular weight excluding hydrogens is 322 g/mol. The fraction of sp³-hybridized carbons (Fsp3) is 0.100. The van der Waals surface area contributed by atoms with E-state index in [4.69, 9.17) is 11.6 Å². The van der Waals surface area contributed by atoms with Gasteiger partial charge in [0.05, 0.1) is 15.2 Å². The van der Waals surface area contributed by atoms with E-state index in [1.54, 1.807) is 24.3 Å². The molecule has 1 aromatic carbocycles. The fourth-order valence-electron chi connectivity index (χ4n) is 0.920. The van der Waals surface area contributed by atoms with Crippen molar-refractivity contribution in [3.63, 3.8) is 0 Å². The van der Waals surface area contributed by atoms with Crippen molar-refractivity contribution in [1.82, 2.24) is 0 Å². The van der Waals surface area contributed by atoms with Crippen LogP contribution >= 0.6 is 27.5 Å². The summed E-state index contributed by atoms with van der Waals surface area (Å²) in [5.74, 6) is -1.96. The number of carbonyl (C=O) groups excluding carboxylic acids is 1. The van der Waals surface area contributed by atoms with E-state index in [1.807, 2.05) is 0 Å². The molecule has 0 aliphatic carbocycles. The average molecular weight is 329 g/mol. The Balaban J connectivity index is 2.79. The zero-order valence-electron chi connectivity index (χ0n) is 8.18. The highest BCUT2D eigenvalue weighted by atomic mass is 79.9. The van der Waals surface area contributed by atoms with Gasteiger partial charge >= 0.3 is 6.18 Å². The SMILES string of the molecule is O=C(C(Br)=CNc1ccccc1Cl)C(F)(F)F. The molecule has 0 amide bonds. The van der Waals surface area contributed by atoms with Crippen molar-refractivity contribution in [3.8, 4) is 0 Å². The normalized spacial score (nSPS) is 12.4. The van der Waals surface area contributed by atoms with Crippen molar-refractivity contribution in [1.29, 1.82) is 0 Å². The third-order valence-electron chi connectivity index (χ3n) is 1.70. The molecule has 0 fully saturated rings. The summed E-state index contributed by atoms with van der Waals surface area (Å²) < 4.78 is 35.5. The van der Waals surface area contributed by atoms with E-state index in [0.29, 0.717) is 10.7 Å². The van der Waals surface area contributed by atoms with Crippen LogP contribution in [-0.4, -0.2) is 12.0 Å². The Kier molecular flexibility index (Phi) is 4.59. The minimum Gasteiger partial charge on any atom is -0.359 e. The summed E-state index contributed by atoms with van der Waals surface area (Å²) >= 11 is 8.31. The maximum atomic E-state index is 12.0. The highest BCUT2D eigenvalue weighted by Crippen LogP contribution is 2.25. The molecule has 0 saturated heterocycles. The van der Waals surface area contributed by atoms with Crippen molar-refractivity contribution in [2.45, 2.75) is 6.18 Å². The lowest BCUT2D eigenvalue weighted by molar-refractivity contribution is -0.165. The van der Waals surface area contributed by atoms with Crippen LogP contribution < -0.4 is 5.32 Å². The first-order valence-corrected chi connectivity index (χ1v) is 5.47. The third kappa shape index (κ3) is 4.05. The summed E-state index contributed by atoms with van der Waals surface area (Å²) in [6, 6.07) is 6.46. The number of hydrogen-bond acceptors (Lipinski definition) is 2. The van der Waals surface area contributed by atoms with Crippen LogP contribution in [0.25, 0.3) is 0 Å². The molecule has 0 heterocycles. The van der Waals surface area contributed by atoms with Crippen LogP contribution in [0.3, 0.4) is 0 Å². The van der Waals surface area contributed by atoms with Gasteiger partial charge in [0, 0.05) is 6.20 Å². The number of benzene rings is 1. The van der Waals surface area contributed by atoms with Crippen LogP contribution in [0.1, 0.15) is 0 Å². The zero-order valence-corrected chi connectivity index (χ0v) is 10.5. The van der Waals surface area contributed by atoms with E-state index in [1.165, 1.54) is 0 Å². The molecule has 1 aromatic rings. The molecule has 0 radical (unpaired) electrons. The summed E-state index contributed by atoms with van der Waals surface area (Å²) in [6.07, 6.45) is -4.01. The molecule has 0 aliphatic rings. The summed E-state index contributed by atoms with van der Waals surface area (Å²) in [5, 5.41) is 2.84. The van der Waals surface area contributed by atoms with Crippen LogP contribution in [0.2, 0.25) is 5.02 Å². The van der Waals surface area contributed by atoms with Crippen molar-refractivity contribution in [3.05, 3.63) is 40.0 Å². The molecule has 0 bridgehead atoms. The molecular formula is C10H6BrClF3NO. The van der Waals surface area contributed by atoms with Gasteiger partial charge in [-0.05, 0) is 28.1 Å². The molecule has 92 valence electrons. The molecule has 0 aliphatic heterocycles. The predicted molar refractivity (Wildman–Crippen MR) is 63.1 cm³/mol. The van der Waals surface area contributed by atoms with Crippen LogP contribution in [0.15, 0.2) is 34.9 Å². The van der Waals surface area contributed by atoms with Gasteiger partial charge in [0.15, 0.2) is 0 Å². The van der Waals surface area contributed by atoms with Crippen LogP contribution in [0.4, 0.5) is 18.9 Å². The smallest absolute Gasteiger partial charge is 0.359 e. The Morgan fingerprint density at radius 3 is 2.47 bits per heavy atom. The van der Waals surface area contributed by atoms with Gasteiger partial charge in [-0.25, -0.2) is 0 Å². The Bertz CT molecular complexity index is 459. The van der Waals surface area contributed by atoms with Crippen LogP contribution in [0.5, 0.6) is 0 Å². The van der Waals surface area contributed by atoms with Crippen LogP contribution in [-0.2, 0) is 4.79 Å². The van der Waals surface area contributed by atoms with Crippen molar-refractivity contribution >= 4 is 39.0 Å². The monoisotopic (exact) mass is 327 g/mol. The minimum atomic E-state index is -4.91. The first kappa shape index (κ1) is 14.1. The molecule has 0 unspecified atom stereocenters. The largest absolute Gasteiger partial charge is 0.455 e. The number of nitrogens with one attached hydrogen (secondary N) is 1. The second-order valence-corrected chi connectivity index (χ2v) is 4.20. The lowest BCUT2D eigenvalue weighted by atomic mass is 10.3. The maximum absolute atomic E-state index is 12.0. The molecule has 7 heteroatoms. The number of hydrogen-bond donors (Lipinski definition) is 1. The molecule has 0 spiro atoms. The Labute approximate surface area is 109 Å².